The van der Waals surface area contributed by atoms with Crippen LogP contribution in [0.1, 0.15) is 0 Å². The molecule has 0 spiro atoms. The van der Waals surface area contributed by atoms with E-state index in [1.54, 1.807) is 0 Å². The van der Waals surface area contributed by atoms with Gasteiger partial charge in [-0.05, 0) is 12.1 Å². The first kappa shape index (κ1) is 8.38. The molecule has 4 heteroatoms. The second kappa shape index (κ2) is 4.22. The second-order valence-electron chi connectivity index (χ2n) is 1.63. The molecule has 0 radical (unpaired) electrons. The minimum absolute atomic E-state index is 0.801. The van der Waals surface area contributed by atoms with E-state index in [0.29, 0.717) is 0 Å². The van der Waals surface area contributed by atoms with Crippen LogP contribution < -0.4 is 6.13 Å². The van der Waals surface area contributed by atoms with Crippen molar-refractivity contribution < 1.29 is 6.13 Å². The maximum atomic E-state index is 4.94. The molecule has 10 heavy (non-hydrogen) atoms. The molecule has 0 unspecified atom stereocenters. The molecule has 0 bridgehead atoms. The summed E-state index contributed by atoms with van der Waals surface area (Å²) in [6.07, 6.45) is 0. The fourth-order valence-corrected chi connectivity index (χ4v) is 1.12. The third kappa shape index (κ3) is 2.15. The van der Waals surface area contributed by atoms with Crippen molar-refractivity contribution in [2.75, 3.05) is 0 Å². The average molecular weight is 362 g/mol. The summed E-state index contributed by atoms with van der Waals surface area (Å²) in [5.74, 6) is 1.60. The van der Waals surface area contributed by atoms with Crippen LogP contribution in [0.15, 0.2) is 24.3 Å². The molecule has 0 fully saturated rings. The Morgan fingerprint density at radius 1 is 1.00 bits per heavy atom. The first-order valence-electron chi connectivity index (χ1n) is 2.54. The van der Waals surface area contributed by atoms with Gasteiger partial charge in [0.05, 0.1) is 0 Å². The first-order valence-corrected chi connectivity index (χ1v) is 4.30. The predicted octanol–water partition coefficient (Wildman–Crippen LogP) is 3.14. The zero-order chi connectivity index (χ0) is 7.40. The summed E-state index contributed by atoms with van der Waals surface area (Å²) < 4.78 is 9.89. The Morgan fingerprint density at radius 2 is 1.50 bits per heavy atom. The highest BCUT2D eigenvalue weighted by atomic mass is 127. The van der Waals surface area contributed by atoms with Crippen molar-refractivity contribution >= 4 is 46.0 Å². The minimum atomic E-state index is 0.801. The lowest BCUT2D eigenvalue weighted by Gasteiger charge is -1.98. The summed E-state index contributed by atoms with van der Waals surface area (Å²) in [7, 11) is 0. The van der Waals surface area contributed by atoms with Gasteiger partial charge in [-0.1, -0.05) is 6.07 Å². The molecule has 0 heterocycles. The summed E-state index contributed by atoms with van der Waals surface area (Å²) in [5.41, 5.74) is 0. The van der Waals surface area contributed by atoms with Gasteiger partial charge in [0.15, 0.2) is 46.0 Å². The van der Waals surface area contributed by atoms with Crippen molar-refractivity contribution in [2.24, 2.45) is 0 Å². The van der Waals surface area contributed by atoms with Crippen LogP contribution in [0.3, 0.4) is 0 Å². The van der Waals surface area contributed by atoms with Crippen LogP contribution in [-0.2, 0) is 0 Å². The Labute approximate surface area is 87.3 Å². The highest BCUT2D eigenvalue weighted by Crippen LogP contribution is 2.21. The van der Waals surface area contributed by atoms with E-state index in [4.69, 9.17) is 6.13 Å². The Morgan fingerprint density at radius 3 is 1.90 bits per heavy atom. The number of benzene rings is 1. The Hall–Kier alpha value is 0.280. The van der Waals surface area contributed by atoms with Gasteiger partial charge in [-0.2, -0.15) is 0 Å². The van der Waals surface area contributed by atoms with Crippen LogP contribution in [0.4, 0.5) is 0 Å². The van der Waals surface area contributed by atoms with E-state index in [-0.39, 0.29) is 0 Å². The fraction of sp³-hybridized carbons (Fsp3) is 0. The average Bonchev–Trinajstić information content (AvgIpc) is 2.05. The monoisotopic (exact) mass is 362 g/mol. The van der Waals surface area contributed by atoms with Gasteiger partial charge < -0.3 is 6.13 Å². The van der Waals surface area contributed by atoms with E-state index in [1.807, 2.05) is 70.3 Å². The predicted molar refractivity (Wildman–Crippen MR) is 55.7 cm³/mol. The van der Waals surface area contributed by atoms with Crippen LogP contribution in [0, 0.1) is 0 Å². The summed E-state index contributed by atoms with van der Waals surface area (Å²) in [5, 5.41) is 0. The molecule has 1 aromatic carbocycles. The van der Waals surface area contributed by atoms with Crippen molar-refractivity contribution in [3.63, 3.8) is 0 Å². The SMILES string of the molecule is IOc1cccc(OI)c1. The van der Waals surface area contributed by atoms with E-state index < -0.39 is 0 Å². The van der Waals surface area contributed by atoms with E-state index in [2.05, 4.69) is 0 Å². The van der Waals surface area contributed by atoms with Crippen LogP contribution in [0.5, 0.6) is 11.5 Å². The molecule has 0 saturated carbocycles. The van der Waals surface area contributed by atoms with Crippen LogP contribution in [0.2, 0.25) is 0 Å². The van der Waals surface area contributed by atoms with Crippen LogP contribution >= 0.6 is 46.0 Å². The normalized spacial score (nSPS) is 9.00. The van der Waals surface area contributed by atoms with Crippen LogP contribution in [0.25, 0.3) is 0 Å². The van der Waals surface area contributed by atoms with Crippen LogP contribution in [-0.4, -0.2) is 0 Å². The summed E-state index contributed by atoms with van der Waals surface area (Å²) in [4.78, 5) is 0. The molecule has 54 valence electrons. The van der Waals surface area contributed by atoms with Crippen molar-refractivity contribution in [3.8, 4) is 11.5 Å². The molecule has 0 saturated heterocycles. The molecule has 1 aromatic rings. The molecule has 2 nitrogen and oxygen atoms in total. The Balaban J connectivity index is 2.87. The maximum absolute atomic E-state index is 4.94. The number of rotatable bonds is 2. The number of hydrogen-bond acceptors (Lipinski definition) is 2. The highest BCUT2D eigenvalue weighted by molar-refractivity contribution is 14.1. The molecule has 0 aliphatic carbocycles. The van der Waals surface area contributed by atoms with Gasteiger partial charge in [0.2, 0.25) is 0 Å². The molecular formula is C6H4I2O2. The topological polar surface area (TPSA) is 18.5 Å². The van der Waals surface area contributed by atoms with Gasteiger partial charge in [-0.3, -0.25) is 0 Å². The molecule has 0 aromatic heterocycles. The van der Waals surface area contributed by atoms with E-state index in [9.17, 15) is 0 Å². The minimum Gasteiger partial charge on any atom is -0.428 e. The molecule has 0 N–H and O–H groups in total. The lowest BCUT2D eigenvalue weighted by Crippen LogP contribution is -1.75. The summed E-state index contributed by atoms with van der Waals surface area (Å²) in [6, 6.07) is 7.43. The van der Waals surface area contributed by atoms with Gasteiger partial charge in [-0.15, -0.1) is 0 Å². The van der Waals surface area contributed by atoms with E-state index in [1.165, 1.54) is 0 Å². The summed E-state index contributed by atoms with van der Waals surface area (Å²) in [6.45, 7) is 0. The fourth-order valence-electron chi connectivity index (χ4n) is 0.570. The van der Waals surface area contributed by atoms with Gasteiger partial charge in [0.25, 0.3) is 0 Å². The Bertz CT molecular complexity index is 195. The third-order valence-corrected chi connectivity index (χ3v) is 2.00. The first-order chi connectivity index (χ1) is 4.86. The zero-order valence-electron chi connectivity index (χ0n) is 4.88. The number of hydrogen-bond donors (Lipinski definition) is 0. The molecule has 0 aliphatic rings. The van der Waals surface area contributed by atoms with Gasteiger partial charge in [-0.25, -0.2) is 0 Å². The smallest absolute Gasteiger partial charge is 0.192 e. The molecule has 0 aliphatic heterocycles. The number of halogens is 2. The molecular weight excluding hydrogens is 358 g/mol. The Kier molecular flexibility index (Phi) is 3.53. The highest BCUT2D eigenvalue weighted by Gasteiger charge is 1.93. The van der Waals surface area contributed by atoms with E-state index >= 15 is 0 Å². The largest absolute Gasteiger partial charge is 0.428 e. The van der Waals surface area contributed by atoms with Crippen molar-refractivity contribution in [1.82, 2.24) is 0 Å². The van der Waals surface area contributed by atoms with Crippen molar-refractivity contribution in [2.45, 2.75) is 0 Å². The van der Waals surface area contributed by atoms with Gasteiger partial charge in [0.1, 0.15) is 11.5 Å². The van der Waals surface area contributed by atoms with Gasteiger partial charge >= 0.3 is 0 Å². The third-order valence-electron chi connectivity index (χ3n) is 0.984. The van der Waals surface area contributed by atoms with E-state index in [0.717, 1.165) is 11.5 Å². The lowest BCUT2D eigenvalue weighted by atomic mass is 10.3. The molecule has 0 atom stereocenters. The standard InChI is InChI=1S/C6H4I2O2/c7-9-5-2-1-3-6(4-5)10-8/h1-4H. The maximum Gasteiger partial charge on any atom is 0.192 e. The lowest BCUT2D eigenvalue weighted by molar-refractivity contribution is 0.685. The second-order valence-corrected chi connectivity index (χ2v) is 2.51. The van der Waals surface area contributed by atoms with Gasteiger partial charge in [0, 0.05) is 6.07 Å². The summed E-state index contributed by atoms with van der Waals surface area (Å²) >= 11 is 3.66. The molecule has 0 amide bonds. The molecule has 1 rings (SSSR count). The van der Waals surface area contributed by atoms with Crippen molar-refractivity contribution in [3.05, 3.63) is 24.3 Å². The zero-order valence-corrected chi connectivity index (χ0v) is 9.20. The quantitative estimate of drug-likeness (QED) is 0.753. The van der Waals surface area contributed by atoms with Crippen molar-refractivity contribution in [1.29, 1.82) is 0 Å².